The van der Waals surface area contributed by atoms with Crippen molar-refractivity contribution in [2.24, 2.45) is 0 Å². The Kier molecular flexibility index (Phi) is 5.94. The minimum absolute atomic E-state index is 0.132. The number of aryl methyl sites for hydroxylation is 1. The van der Waals surface area contributed by atoms with Crippen LogP contribution in [0, 0.1) is 6.92 Å². The quantitative estimate of drug-likeness (QED) is 0.534. The third-order valence-electron chi connectivity index (χ3n) is 3.09. The van der Waals surface area contributed by atoms with E-state index in [0.29, 0.717) is 11.3 Å². The maximum Gasteiger partial charge on any atom is 0.416 e. The molecule has 0 fully saturated rings. The molecule has 0 saturated heterocycles. The lowest BCUT2D eigenvalue weighted by Crippen LogP contribution is -2.06. The fraction of sp³-hybridized carbons (Fsp3) is 0.235. The van der Waals surface area contributed by atoms with Crippen LogP contribution >= 0.6 is 15.9 Å². The summed E-state index contributed by atoms with van der Waals surface area (Å²) in [5, 5.41) is 0. The molecule has 0 aliphatic rings. The van der Waals surface area contributed by atoms with E-state index in [1.807, 2.05) is 0 Å². The van der Waals surface area contributed by atoms with Crippen LogP contribution in [0.15, 0.2) is 34.9 Å². The number of benzene rings is 1. The fourth-order valence-electron chi connectivity index (χ4n) is 2.06. The zero-order chi connectivity index (χ0) is 18.6. The molecule has 132 valence electrons. The Morgan fingerprint density at radius 2 is 2.04 bits per heavy atom. The average molecular weight is 415 g/mol. The Hall–Kier alpha value is -2.22. The van der Waals surface area contributed by atoms with Gasteiger partial charge in [0.2, 0.25) is 0 Å². The second-order valence-corrected chi connectivity index (χ2v) is 5.96. The van der Waals surface area contributed by atoms with Gasteiger partial charge in [-0.3, -0.25) is 0 Å². The highest BCUT2D eigenvalue weighted by Gasteiger charge is 2.31. The van der Waals surface area contributed by atoms with Crippen molar-refractivity contribution in [2.45, 2.75) is 20.0 Å². The molecule has 0 atom stereocenters. The summed E-state index contributed by atoms with van der Waals surface area (Å²) in [6.45, 7) is 3.47. The molecule has 1 aromatic heterocycles. The van der Waals surface area contributed by atoms with Gasteiger partial charge < -0.3 is 4.74 Å². The molecule has 1 aromatic carbocycles. The lowest BCUT2D eigenvalue weighted by Gasteiger charge is -2.10. The van der Waals surface area contributed by atoms with Gasteiger partial charge in [-0.1, -0.05) is 0 Å². The molecule has 0 spiro atoms. The Balaban J connectivity index is 2.41. The molecule has 25 heavy (non-hydrogen) atoms. The SMILES string of the molecule is CCOC(=O)/C(Br)=C\c1ccnc(-c2cc(C)cc(C(F)(F)F)c2)n1. The maximum atomic E-state index is 13.0. The third-order valence-corrected chi connectivity index (χ3v) is 3.64. The average Bonchev–Trinajstić information content (AvgIpc) is 2.54. The number of rotatable bonds is 4. The molecule has 2 rings (SSSR count). The molecule has 0 aliphatic heterocycles. The molecule has 0 bridgehead atoms. The summed E-state index contributed by atoms with van der Waals surface area (Å²) in [7, 11) is 0. The van der Waals surface area contributed by atoms with Gasteiger partial charge in [-0.25, -0.2) is 14.8 Å². The third kappa shape index (κ3) is 5.12. The number of carbonyl (C=O) groups excluding carboxylic acids is 1. The van der Waals surface area contributed by atoms with Gasteiger partial charge in [-0.2, -0.15) is 13.2 Å². The molecule has 0 aliphatic carbocycles. The first-order chi connectivity index (χ1) is 11.7. The van der Waals surface area contributed by atoms with Gasteiger partial charge in [0.25, 0.3) is 0 Å². The first-order valence-corrected chi connectivity index (χ1v) is 8.06. The van der Waals surface area contributed by atoms with Gasteiger partial charge in [-0.15, -0.1) is 0 Å². The van der Waals surface area contributed by atoms with E-state index in [4.69, 9.17) is 4.74 Å². The van der Waals surface area contributed by atoms with E-state index >= 15 is 0 Å². The number of esters is 1. The van der Waals surface area contributed by atoms with E-state index in [2.05, 4.69) is 25.9 Å². The summed E-state index contributed by atoms with van der Waals surface area (Å²) >= 11 is 3.09. The van der Waals surface area contributed by atoms with Crippen molar-refractivity contribution < 1.29 is 22.7 Å². The smallest absolute Gasteiger partial charge is 0.416 e. The summed E-state index contributed by atoms with van der Waals surface area (Å²) in [6, 6.07) is 5.16. The summed E-state index contributed by atoms with van der Waals surface area (Å²) in [5.74, 6) is -0.426. The van der Waals surface area contributed by atoms with Crippen LogP contribution in [0.2, 0.25) is 0 Å². The molecule has 4 nitrogen and oxygen atoms in total. The largest absolute Gasteiger partial charge is 0.462 e. The molecule has 0 radical (unpaired) electrons. The molecule has 0 amide bonds. The van der Waals surface area contributed by atoms with Crippen LogP contribution in [-0.4, -0.2) is 22.5 Å². The van der Waals surface area contributed by atoms with Crippen molar-refractivity contribution in [3.63, 3.8) is 0 Å². The monoisotopic (exact) mass is 414 g/mol. The van der Waals surface area contributed by atoms with E-state index in [1.165, 1.54) is 18.3 Å². The van der Waals surface area contributed by atoms with Crippen molar-refractivity contribution in [1.82, 2.24) is 9.97 Å². The summed E-state index contributed by atoms with van der Waals surface area (Å²) in [5.41, 5.74) is 0.289. The molecular weight excluding hydrogens is 401 g/mol. The fourth-order valence-corrected chi connectivity index (χ4v) is 2.41. The molecule has 2 aromatic rings. The van der Waals surface area contributed by atoms with E-state index in [0.717, 1.165) is 12.1 Å². The van der Waals surface area contributed by atoms with E-state index in [1.54, 1.807) is 19.9 Å². The standard InChI is InChI=1S/C17H14BrF3N2O2/c1-3-25-16(24)14(18)9-13-4-5-22-15(23-13)11-6-10(2)7-12(8-11)17(19,20)21/h4-9H,3H2,1-2H3/b14-9+. The predicted octanol–water partition coefficient (Wildman–Crippen LogP) is 4.77. The number of ether oxygens (including phenoxy) is 1. The Bertz CT molecular complexity index is 820. The van der Waals surface area contributed by atoms with Gasteiger partial charge >= 0.3 is 12.1 Å². The predicted molar refractivity (Wildman–Crippen MR) is 90.7 cm³/mol. The van der Waals surface area contributed by atoms with Crippen molar-refractivity contribution in [3.8, 4) is 11.4 Å². The highest BCUT2D eigenvalue weighted by molar-refractivity contribution is 9.12. The molecule has 8 heteroatoms. The minimum atomic E-state index is -4.45. The highest BCUT2D eigenvalue weighted by atomic mass is 79.9. The van der Waals surface area contributed by atoms with E-state index in [9.17, 15) is 18.0 Å². The first-order valence-electron chi connectivity index (χ1n) is 7.27. The number of carbonyl (C=O) groups is 1. The second kappa shape index (κ2) is 7.77. The Morgan fingerprint density at radius 1 is 1.32 bits per heavy atom. The number of halogens is 4. The Labute approximate surface area is 150 Å². The number of hydrogen-bond acceptors (Lipinski definition) is 4. The van der Waals surface area contributed by atoms with Crippen LogP contribution < -0.4 is 0 Å². The highest BCUT2D eigenvalue weighted by Crippen LogP contribution is 2.32. The normalized spacial score (nSPS) is 12.2. The number of nitrogens with zero attached hydrogens (tertiary/aromatic N) is 2. The zero-order valence-electron chi connectivity index (χ0n) is 13.4. The molecular formula is C17H14BrF3N2O2. The van der Waals surface area contributed by atoms with Crippen molar-refractivity contribution in [1.29, 1.82) is 0 Å². The molecule has 1 heterocycles. The van der Waals surface area contributed by atoms with Gasteiger partial charge in [0.1, 0.15) is 4.48 Å². The topological polar surface area (TPSA) is 52.1 Å². The maximum absolute atomic E-state index is 13.0. The summed E-state index contributed by atoms with van der Waals surface area (Å²) < 4.78 is 43.9. The van der Waals surface area contributed by atoms with Crippen LogP contribution in [0.25, 0.3) is 17.5 Å². The number of aromatic nitrogens is 2. The summed E-state index contributed by atoms with van der Waals surface area (Å²) in [4.78, 5) is 19.8. The van der Waals surface area contributed by atoms with Gasteiger partial charge in [0.15, 0.2) is 5.82 Å². The minimum Gasteiger partial charge on any atom is -0.462 e. The molecule has 0 saturated carbocycles. The van der Waals surface area contributed by atoms with Crippen LogP contribution in [0.1, 0.15) is 23.7 Å². The van der Waals surface area contributed by atoms with Gasteiger partial charge in [0, 0.05) is 11.8 Å². The van der Waals surface area contributed by atoms with Crippen LogP contribution in [0.4, 0.5) is 13.2 Å². The zero-order valence-corrected chi connectivity index (χ0v) is 15.0. The number of hydrogen-bond donors (Lipinski definition) is 0. The summed E-state index contributed by atoms with van der Waals surface area (Å²) in [6.07, 6.45) is -1.62. The lowest BCUT2D eigenvalue weighted by molar-refractivity contribution is -0.138. The van der Waals surface area contributed by atoms with Crippen LogP contribution in [0.3, 0.4) is 0 Å². The number of alkyl halides is 3. The van der Waals surface area contributed by atoms with E-state index < -0.39 is 17.7 Å². The van der Waals surface area contributed by atoms with Crippen molar-refractivity contribution in [2.75, 3.05) is 6.61 Å². The lowest BCUT2D eigenvalue weighted by atomic mass is 10.1. The Morgan fingerprint density at radius 3 is 2.68 bits per heavy atom. The van der Waals surface area contributed by atoms with Gasteiger partial charge in [0.05, 0.1) is 17.9 Å². The van der Waals surface area contributed by atoms with E-state index in [-0.39, 0.29) is 22.5 Å². The molecule has 0 unspecified atom stereocenters. The van der Waals surface area contributed by atoms with Crippen molar-refractivity contribution >= 4 is 28.0 Å². The van der Waals surface area contributed by atoms with Gasteiger partial charge in [-0.05, 0) is 65.7 Å². The van der Waals surface area contributed by atoms with Crippen molar-refractivity contribution in [3.05, 3.63) is 51.8 Å². The van der Waals surface area contributed by atoms with Crippen LogP contribution in [-0.2, 0) is 15.7 Å². The first kappa shape index (κ1) is 19.1. The van der Waals surface area contributed by atoms with Crippen LogP contribution in [0.5, 0.6) is 0 Å². The molecule has 0 N–H and O–H groups in total. The second-order valence-electron chi connectivity index (χ2n) is 5.10.